The molecule has 120 valence electrons. The number of hydrogen-bond acceptors (Lipinski definition) is 3. The highest BCUT2D eigenvalue weighted by Gasteiger charge is 2.03. The first-order valence-electron chi connectivity index (χ1n) is 7.18. The molecule has 1 N–H and O–H groups in total. The van der Waals surface area contributed by atoms with Gasteiger partial charge in [-0.1, -0.05) is 23.7 Å². The molecule has 23 heavy (non-hydrogen) atoms. The van der Waals surface area contributed by atoms with E-state index in [1.807, 2.05) is 31.2 Å². The van der Waals surface area contributed by atoms with Crippen molar-refractivity contribution in [3.63, 3.8) is 0 Å². The molecule has 0 spiro atoms. The summed E-state index contributed by atoms with van der Waals surface area (Å²) in [6, 6.07) is 12.6. The number of carbonyl (C=O) groups is 1. The van der Waals surface area contributed by atoms with Crippen molar-refractivity contribution in [3.05, 3.63) is 59.1 Å². The van der Waals surface area contributed by atoms with Crippen LogP contribution in [-0.2, 0) is 4.79 Å². The molecule has 0 aliphatic rings. The van der Waals surface area contributed by atoms with Crippen LogP contribution in [0.1, 0.15) is 12.5 Å². The SMILES string of the molecule is CCOc1ccc(C=CC(=O)Nc2ccc(OC)c(Cl)c2)cc1. The van der Waals surface area contributed by atoms with Gasteiger partial charge in [-0.2, -0.15) is 0 Å². The number of methoxy groups -OCH3 is 1. The average Bonchev–Trinajstić information content (AvgIpc) is 2.55. The molecule has 2 aromatic rings. The molecule has 0 unspecified atom stereocenters. The highest BCUT2D eigenvalue weighted by molar-refractivity contribution is 6.32. The first kappa shape index (κ1) is 16.9. The fourth-order valence-corrected chi connectivity index (χ4v) is 2.20. The Morgan fingerprint density at radius 1 is 1.22 bits per heavy atom. The number of halogens is 1. The molecule has 0 aliphatic carbocycles. The predicted octanol–water partition coefficient (Wildman–Crippen LogP) is 4.40. The summed E-state index contributed by atoms with van der Waals surface area (Å²) in [5.41, 5.74) is 1.52. The van der Waals surface area contributed by atoms with E-state index < -0.39 is 0 Å². The first-order chi connectivity index (χ1) is 11.1. The number of anilines is 1. The topological polar surface area (TPSA) is 47.6 Å². The third-order valence-corrected chi connectivity index (χ3v) is 3.33. The van der Waals surface area contributed by atoms with E-state index in [0.717, 1.165) is 11.3 Å². The van der Waals surface area contributed by atoms with Crippen LogP contribution in [0.15, 0.2) is 48.5 Å². The molecule has 0 atom stereocenters. The van der Waals surface area contributed by atoms with E-state index in [2.05, 4.69) is 5.32 Å². The average molecular weight is 332 g/mol. The molecule has 0 bridgehead atoms. The van der Waals surface area contributed by atoms with E-state index in [1.54, 1.807) is 31.4 Å². The van der Waals surface area contributed by atoms with Crippen LogP contribution in [0, 0.1) is 0 Å². The fourth-order valence-electron chi connectivity index (χ4n) is 1.94. The quantitative estimate of drug-likeness (QED) is 0.798. The van der Waals surface area contributed by atoms with Crippen LogP contribution in [0.2, 0.25) is 5.02 Å². The summed E-state index contributed by atoms with van der Waals surface area (Å²) >= 11 is 6.02. The molecule has 1 amide bonds. The summed E-state index contributed by atoms with van der Waals surface area (Å²) in [5.74, 6) is 1.14. The Bertz CT molecular complexity index is 696. The molecular formula is C18H18ClNO3. The van der Waals surface area contributed by atoms with Gasteiger partial charge in [0, 0.05) is 11.8 Å². The van der Waals surface area contributed by atoms with Crippen LogP contribution < -0.4 is 14.8 Å². The molecule has 2 rings (SSSR count). The zero-order valence-electron chi connectivity index (χ0n) is 13.0. The minimum absolute atomic E-state index is 0.236. The molecule has 4 nitrogen and oxygen atoms in total. The van der Waals surface area contributed by atoms with Gasteiger partial charge in [0.25, 0.3) is 0 Å². The summed E-state index contributed by atoms with van der Waals surface area (Å²) in [4.78, 5) is 11.9. The van der Waals surface area contributed by atoms with E-state index in [4.69, 9.17) is 21.1 Å². The van der Waals surface area contributed by atoms with Crippen LogP contribution in [0.25, 0.3) is 6.08 Å². The second-order valence-corrected chi connectivity index (χ2v) is 5.08. The standard InChI is InChI=1S/C18H18ClNO3/c1-3-23-15-8-4-13(5-9-15)6-11-18(21)20-14-7-10-17(22-2)16(19)12-14/h4-12H,3H2,1-2H3,(H,20,21). The Kier molecular flexibility index (Phi) is 6.06. The van der Waals surface area contributed by atoms with Gasteiger partial charge in [-0.3, -0.25) is 4.79 Å². The lowest BCUT2D eigenvalue weighted by Gasteiger charge is -2.06. The van der Waals surface area contributed by atoms with Gasteiger partial charge in [0.2, 0.25) is 5.91 Å². The predicted molar refractivity (Wildman–Crippen MR) is 93.3 cm³/mol. The number of amides is 1. The number of ether oxygens (including phenoxy) is 2. The van der Waals surface area contributed by atoms with Crippen LogP contribution in [0.3, 0.4) is 0 Å². The maximum atomic E-state index is 11.9. The highest BCUT2D eigenvalue weighted by Crippen LogP contribution is 2.27. The zero-order chi connectivity index (χ0) is 16.7. The van der Waals surface area contributed by atoms with Crippen molar-refractivity contribution < 1.29 is 14.3 Å². The maximum Gasteiger partial charge on any atom is 0.248 e. The third-order valence-electron chi connectivity index (χ3n) is 3.04. The second-order valence-electron chi connectivity index (χ2n) is 4.67. The minimum atomic E-state index is -0.236. The summed E-state index contributed by atoms with van der Waals surface area (Å²) < 4.78 is 10.4. The van der Waals surface area contributed by atoms with Crippen molar-refractivity contribution in [2.75, 3.05) is 19.0 Å². The number of hydrogen-bond donors (Lipinski definition) is 1. The first-order valence-corrected chi connectivity index (χ1v) is 7.55. The molecular weight excluding hydrogens is 314 g/mol. The van der Waals surface area contributed by atoms with E-state index >= 15 is 0 Å². The Balaban J connectivity index is 1.97. The van der Waals surface area contributed by atoms with Gasteiger partial charge in [-0.15, -0.1) is 0 Å². The number of benzene rings is 2. The van der Waals surface area contributed by atoms with Gasteiger partial charge < -0.3 is 14.8 Å². The van der Waals surface area contributed by atoms with Gasteiger partial charge in [0.1, 0.15) is 11.5 Å². The van der Waals surface area contributed by atoms with Crippen LogP contribution in [0.5, 0.6) is 11.5 Å². The normalized spacial score (nSPS) is 10.6. The van der Waals surface area contributed by atoms with E-state index in [-0.39, 0.29) is 5.91 Å². The largest absolute Gasteiger partial charge is 0.495 e. The Morgan fingerprint density at radius 2 is 1.96 bits per heavy atom. The summed E-state index contributed by atoms with van der Waals surface area (Å²) in [5, 5.41) is 3.19. The van der Waals surface area contributed by atoms with Crippen molar-refractivity contribution in [1.82, 2.24) is 0 Å². The van der Waals surface area contributed by atoms with Crippen LogP contribution in [-0.4, -0.2) is 19.6 Å². The molecule has 0 aliphatic heterocycles. The van der Waals surface area contributed by atoms with E-state index in [1.165, 1.54) is 6.08 Å². The van der Waals surface area contributed by atoms with Gasteiger partial charge >= 0.3 is 0 Å². The van der Waals surface area contributed by atoms with Gasteiger partial charge in [0.05, 0.1) is 18.7 Å². The third kappa shape index (κ3) is 5.04. The molecule has 0 aromatic heterocycles. The second kappa shape index (κ2) is 8.25. The number of rotatable bonds is 6. The minimum Gasteiger partial charge on any atom is -0.495 e. The van der Waals surface area contributed by atoms with Crippen LogP contribution >= 0.6 is 11.6 Å². The maximum absolute atomic E-state index is 11.9. The molecule has 5 heteroatoms. The lowest BCUT2D eigenvalue weighted by Crippen LogP contribution is -2.07. The number of nitrogens with one attached hydrogen (secondary N) is 1. The highest BCUT2D eigenvalue weighted by atomic mass is 35.5. The lowest BCUT2D eigenvalue weighted by atomic mass is 10.2. The monoisotopic (exact) mass is 331 g/mol. The van der Waals surface area contributed by atoms with Crippen molar-refractivity contribution in [2.24, 2.45) is 0 Å². The van der Waals surface area contributed by atoms with Crippen molar-refractivity contribution in [3.8, 4) is 11.5 Å². The van der Waals surface area contributed by atoms with Crippen molar-refractivity contribution in [2.45, 2.75) is 6.92 Å². The molecule has 0 saturated carbocycles. The summed E-state index contributed by atoms with van der Waals surface area (Å²) in [6.45, 7) is 2.56. The van der Waals surface area contributed by atoms with Gasteiger partial charge in [0.15, 0.2) is 0 Å². The van der Waals surface area contributed by atoms with Crippen LogP contribution in [0.4, 0.5) is 5.69 Å². The number of carbonyl (C=O) groups excluding carboxylic acids is 1. The Morgan fingerprint density at radius 3 is 2.57 bits per heavy atom. The lowest BCUT2D eigenvalue weighted by molar-refractivity contribution is -0.111. The molecule has 0 saturated heterocycles. The van der Waals surface area contributed by atoms with Crippen molar-refractivity contribution >= 4 is 29.3 Å². The zero-order valence-corrected chi connectivity index (χ0v) is 13.8. The smallest absolute Gasteiger partial charge is 0.248 e. The molecule has 0 fully saturated rings. The van der Waals surface area contributed by atoms with E-state index in [0.29, 0.717) is 23.1 Å². The van der Waals surface area contributed by atoms with Gasteiger partial charge in [-0.05, 0) is 48.9 Å². The Hall–Kier alpha value is -2.46. The molecule has 2 aromatic carbocycles. The Labute approximate surface area is 140 Å². The molecule has 0 heterocycles. The summed E-state index contributed by atoms with van der Waals surface area (Å²) in [6.07, 6.45) is 3.20. The fraction of sp³-hybridized carbons (Fsp3) is 0.167. The van der Waals surface area contributed by atoms with Gasteiger partial charge in [-0.25, -0.2) is 0 Å². The van der Waals surface area contributed by atoms with E-state index in [9.17, 15) is 4.79 Å². The van der Waals surface area contributed by atoms with Crippen molar-refractivity contribution in [1.29, 1.82) is 0 Å². The molecule has 0 radical (unpaired) electrons. The summed E-state index contributed by atoms with van der Waals surface area (Å²) in [7, 11) is 1.54.